The van der Waals surface area contributed by atoms with Crippen LogP contribution in [-0.2, 0) is 0 Å². The third-order valence-electron chi connectivity index (χ3n) is 11.5. The van der Waals surface area contributed by atoms with E-state index in [0.717, 1.165) is 66.1 Å². The Bertz CT molecular complexity index is 3370. The van der Waals surface area contributed by atoms with Gasteiger partial charge in [-0.2, -0.15) is 5.26 Å². The lowest BCUT2D eigenvalue weighted by Crippen LogP contribution is -2.04. The van der Waals surface area contributed by atoms with E-state index in [1.54, 1.807) is 6.07 Å². The molecule has 0 saturated heterocycles. The molecule has 0 saturated carbocycles. The lowest BCUT2D eigenvalue weighted by Gasteiger charge is -2.20. The van der Waals surface area contributed by atoms with Gasteiger partial charge in [-0.25, -0.2) is 4.85 Å². The highest BCUT2D eigenvalue weighted by molar-refractivity contribution is 6.13. The highest BCUT2D eigenvalue weighted by Gasteiger charge is 2.23. The zero-order valence-corrected chi connectivity index (χ0v) is 32.8. The van der Waals surface area contributed by atoms with Gasteiger partial charge in [0.1, 0.15) is 0 Å². The normalized spacial score (nSPS) is 11.4. The van der Waals surface area contributed by atoms with Gasteiger partial charge in [-0.3, -0.25) is 0 Å². The van der Waals surface area contributed by atoms with Gasteiger partial charge in [-0.1, -0.05) is 119 Å². The molecular weight excluding hydrogens is 705 g/mol. The zero-order valence-electron chi connectivity index (χ0n) is 32.8. The van der Waals surface area contributed by atoms with E-state index < -0.39 is 0 Å². The van der Waals surface area contributed by atoms with Crippen LogP contribution in [0.3, 0.4) is 0 Å². The van der Waals surface area contributed by atoms with Crippen LogP contribution in [0.1, 0.15) is 27.8 Å². The summed E-state index contributed by atoms with van der Waals surface area (Å²) < 4.78 is 4.70. The molecule has 8 aromatic carbocycles. The van der Waals surface area contributed by atoms with Crippen LogP contribution in [-0.4, -0.2) is 9.13 Å². The molecule has 10 aromatic rings. The predicted molar refractivity (Wildman–Crippen MR) is 241 cm³/mol. The lowest BCUT2D eigenvalue weighted by molar-refractivity contribution is 1.10. The van der Waals surface area contributed by atoms with Gasteiger partial charge in [0, 0.05) is 21.5 Å². The number of rotatable bonds is 5. The van der Waals surface area contributed by atoms with Crippen molar-refractivity contribution in [2.75, 3.05) is 0 Å². The van der Waals surface area contributed by atoms with Crippen molar-refractivity contribution in [1.82, 2.24) is 9.13 Å². The monoisotopic (exact) mass is 742 g/mol. The number of nitriles is 1. The Hall–Kier alpha value is -7.66. The average molecular weight is 743 g/mol. The second kappa shape index (κ2) is 13.5. The van der Waals surface area contributed by atoms with E-state index in [1.807, 2.05) is 24.3 Å². The molecule has 2 aromatic heterocycles. The molecule has 0 radical (unpaired) electrons. The summed E-state index contributed by atoms with van der Waals surface area (Å²) in [5.74, 6) is 0. The van der Waals surface area contributed by atoms with Crippen molar-refractivity contribution < 1.29 is 0 Å². The van der Waals surface area contributed by atoms with Crippen molar-refractivity contribution in [2.24, 2.45) is 0 Å². The Morgan fingerprint density at radius 1 is 0.431 bits per heavy atom. The Morgan fingerprint density at radius 2 is 0.914 bits per heavy atom. The standard InChI is InChI=1S/C54H38N4/c1-33-21-34(2)24-41(23-33)38-17-19-51-46(28-38)43-13-6-8-15-49(43)57(51)53-30-45(40-12-10-11-37(27-40)32-55)48(56-5)31-54(53)58-50-16-9-7-14-44(50)47-29-39(18-20-52(47)58)42-25-35(3)22-36(4)26-42/h6-31H,1-4H3. The molecule has 0 aliphatic rings. The number of aryl methyl sites for hydroxylation is 4. The van der Waals surface area contributed by atoms with E-state index in [4.69, 9.17) is 6.57 Å². The van der Waals surface area contributed by atoms with Crippen molar-refractivity contribution in [3.63, 3.8) is 0 Å². The van der Waals surface area contributed by atoms with Gasteiger partial charge in [-0.15, -0.1) is 0 Å². The average Bonchev–Trinajstić information content (AvgIpc) is 3.74. The molecule has 0 atom stereocenters. The maximum absolute atomic E-state index is 9.88. The van der Waals surface area contributed by atoms with Crippen LogP contribution in [0.2, 0.25) is 0 Å². The lowest BCUT2D eigenvalue weighted by atomic mass is 9.99. The van der Waals surface area contributed by atoms with E-state index >= 15 is 0 Å². The fraction of sp³-hybridized carbons (Fsp3) is 0.0741. The molecular formula is C54H38N4. The molecule has 0 spiro atoms. The highest BCUT2D eigenvalue weighted by Crippen LogP contribution is 2.44. The maximum atomic E-state index is 9.88. The van der Waals surface area contributed by atoms with Gasteiger partial charge < -0.3 is 9.13 Å². The first kappa shape index (κ1) is 34.8. The summed E-state index contributed by atoms with van der Waals surface area (Å²) in [6.07, 6.45) is 0. The first-order valence-electron chi connectivity index (χ1n) is 19.6. The Balaban J connectivity index is 1.31. The van der Waals surface area contributed by atoms with Gasteiger partial charge in [0.2, 0.25) is 0 Å². The van der Waals surface area contributed by atoms with E-state index in [0.29, 0.717) is 11.3 Å². The summed E-state index contributed by atoms with van der Waals surface area (Å²) in [4.78, 5) is 4.15. The first-order chi connectivity index (χ1) is 28.3. The quantitative estimate of drug-likeness (QED) is 0.162. The van der Waals surface area contributed by atoms with Crippen LogP contribution in [0, 0.1) is 45.6 Å². The van der Waals surface area contributed by atoms with E-state index in [2.05, 4.69) is 175 Å². The summed E-state index contributed by atoms with van der Waals surface area (Å²) in [5.41, 5.74) is 18.5. The van der Waals surface area contributed by atoms with Crippen molar-refractivity contribution >= 4 is 49.3 Å². The molecule has 2 heterocycles. The minimum Gasteiger partial charge on any atom is -0.308 e. The van der Waals surface area contributed by atoms with Gasteiger partial charge in [0.15, 0.2) is 5.69 Å². The van der Waals surface area contributed by atoms with Crippen LogP contribution in [0.25, 0.3) is 93.2 Å². The fourth-order valence-corrected chi connectivity index (χ4v) is 9.11. The number of hydrogen-bond donors (Lipinski definition) is 0. The van der Waals surface area contributed by atoms with Crippen molar-refractivity contribution in [3.8, 4) is 50.8 Å². The van der Waals surface area contributed by atoms with E-state index in [9.17, 15) is 5.26 Å². The third-order valence-corrected chi connectivity index (χ3v) is 11.5. The van der Waals surface area contributed by atoms with Gasteiger partial charge in [-0.05, 0) is 122 Å². The second-order valence-electron chi connectivity index (χ2n) is 15.6. The second-order valence-corrected chi connectivity index (χ2v) is 15.6. The van der Waals surface area contributed by atoms with Gasteiger partial charge in [0.05, 0.1) is 51.6 Å². The Kier molecular flexibility index (Phi) is 8.11. The van der Waals surface area contributed by atoms with Crippen LogP contribution in [0.4, 0.5) is 5.69 Å². The topological polar surface area (TPSA) is 38.0 Å². The number of nitrogens with zero attached hydrogens (tertiary/aromatic N) is 4. The van der Waals surface area contributed by atoms with Crippen LogP contribution in [0.5, 0.6) is 0 Å². The largest absolute Gasteiger partial charge is 0.308 e. The smallest absolute Gasteiger partial charge is 0.197 e. The molecule has 0 aliphatic carbocycles. The summed E-state index contributed by atoms with van der Waals surface area (Å²) in [7, 11) is 0. The SMILES string of the molecule is [C-]#[N+]c1cc(-n2c3ccccc3c3cc(-c4cc(C)cc(C)c4)ccc32)c(-n2c3ccccc3c3cc(-c4cc(C)cc(C)c4)ccc32)cc1-c1cccc(C#N)c1. The van der Waals surface area contributed by atoms with Gasteiger partial charge in [0.25, 0.3) is 0 Å². The molecule has 4 heteroatoms. The van der Waals surface area contributed by atoms with E-state index in [-0.39, 0.29) is 0 Å². The highest BCUT2D eigenvalue weighted by atomic mass is 15.1. The molecule has 0 aliphatic heterocycles. The van der Waals surface area contributed by atoms with E-state index in [1.165, 1.54) is 44.5 Å². The Morgan fingerprint density at radius 3 is 1.41 bits per heavy atom. The molecule has 4 nitrogen and oxygen atoms in total. The van der Waals surface area contributed by atoms with Crippen LogP contribution < -0.4 is 0 Å². The van der Waals surface area contributed by atoms with Crippen molar-refractivity contribution in [3.05, 3.63) is 197 Å². The molecule has 58 heavy (non-hydrogen) atoms. The van der Waals surface area contributed by atoms with Crippen molar-refractivity contribution in [1.29, 1.82) is 5.26 Å². The minimum absolute atomic E-state index is 0.518. The summed E-state index contributed by atoms with van der Waals surface area (Å²) in [5, 5.41) is 14.5. The number of para-hydroxylation sites is 2. The first-order valence-corrected chi connectivity index (χ1v) is 19.6. The number of fused-ring (bicyclic) bond motifs is 6. The molecule has 0 fully saturated rings. The third kappa shape index (κ3) is 5.66. The van der Waals surface area contributed by atoms with Crippen molar-refractivity contribution in [2.45, 2.75) is 27.7 Å². The minimum atomic E-state index is 0.518. The zero-order chi connectivity index (χ0) is 39.7. The van der Waals surface area contributed by atoms with Gasteiger partial charge >= 0.3 is 0 Å². The predicted octanol–water partition coefficient (Wildman–Crippen LogP) is 14.5. The molecule has 274 valence electrons. The summed E-state index contributed by atoms with van der Waals surface area (Å²) >= 11 is 0. The molecule has 0 unspecified atom stereocenters. The summed E-state index contributed by atoms with van der Waals surface area (Å²) in [6.45, 7) is 17.1. The van der Waals surface area contributed by atoms with Crippen LogP contribution >= 0.6 is 0 Å². The number of benzene rings is 8. The van der Waals surface area contributed by atoms with Crippen LogP contribution in [0.15, 0.2) is 158 Å². The fourth-order valence-electron chi connectivity index (χ4n) is 9.11. The summed E-state index contributed by atoms with van der Waals surface area (Å²) in [6, 6.07) is 58.3. The maximum Gasteiger partial charge on any atom is 0.197 e. The molecule has 0 bridgehead atoms. The number of aromatic nitrogens is 2. The molecule has 0 amide bonds. The Labute approximate surface area is 337 Å². The molecule has 0 N–H and O–H groups in total. The molecule has 10 rings (SSSR count). The number of hydrogen-bond acceptors (Lipinski definition) is 1.